The summed E-state index contributed by atoms with van der Waals surface area (Å²) >= 11 is 3.41. The van der Waals surface area contributed by atoms with Crippen LogP contribution >= 0.6 is 15.9 Å². The van der Waals surface area contributed by atoms with Gasteiger partial charge in [-0.05, 0) is 6.08 Å². The minimum absolute atomic E-state index is 0.0925. The first-order valence-electron chi connectivity index (χ1n) is 3.46. The van der Waals surface area contributed by atoms with Gasteiger partial charge in [-0.1, -0.05) is 28.9 Å². The second-order valence-corrected chi connectivity index (χ2v) is 3.60. The van der Waals surface area contributed by atoms with Crippen LogP contribution in [-0.2, 0) is 4.74 Å². The van der Waals surface area contributed by atoms with E-state index in [1.807, 2.05) is 13.0 Å². The van der Waals surface area contributed by atoms with Gasteiger partial charge in [0.25, 0.3) is 0 Å². The van der Waals surface area contributed by atoms with Gasteiger partial charge in [0.15, 0.2) is 5.76 Å². The number of allylic oxidation sites excluding steroid dienone is 3. The standard InChI is InChI=1S/C8H11BrO2/c1-5-6(9)3-4-7(11-2)8(5)10/h3-6,10H,1-2H3. The van der Waals surface area contributed by atoms with Crippen molar-refractivity contribution < 1.29 is 9.84 Å². The largest absolute Gasteiger partial charge is 0.508 e. The summed E-state index contributed by atoms with van der Waals surface area (Å²) in [5.74, 6) is 0.972. The first-order chi connectivity index (χ1) is 5.16. The summed E-state index contributed by atoms with van der Waals surface area (Å²) in [6, 6.07) is 0. The molecule has 0 heterocycles. The van der Waals surface area contributed by atoms with Gasteiger partial charge in [-0.3, -0.25) is 0 Å². The maximum atomic E-state index is 9.48. The molecule has 0 bridgehead atoms. The zero-order chi connectivity index (χ0) is 8.43. The predicted octanol–water partition coefficient (Wildman–Crippen LogP) is 2.37. The van der Waals surface area contributed by atoms with Gasteiger partial charge in [0.2, 0.25) is 0 Å². The Hall–Kier alpha value is -0.440. The van der Waals surface area contributed by atoms with Crippen LogP contribution in [0.15, 0.2) is 23.7 Å². The summed E-state index contributed by atoms with van der Waals surface area (Å²) in [6.07, 6.45) is 3.73. The van der Waals surface area contributed by atoms with E-state index in [9.17, 15) is 5.11 Å². The van der Waals surface area contributed by atoms with E-state index < -0.39 is 0 Å². The third-order valence-corrected chi connectivity index (χ3v) is 2.91. The number of methoxy groups -OCH3 is 1. The van der Waals surface area contributed by atoms with E-state index in [2.05, 4.69) is 15.9 Å². The first kappa shape index (κ1) is 8.65. The number of aliphatic hydroxyl groups excluding tert-OH is 1. The zero-order valence-electron chi connectivity index (χ0n) is 6.54. The van der Waals surface area contributed by atoms with Gasteiger partial charge in [0.05, 0.1) is 7.11 Å². The Bertz CT molecular complexity index is 208. The molecule has 1 N–H and O–H groups in total. The molecule has 0 spiro atoms. The number of aliphatic hydroxyl groups is 1. The number of ether oxygens (including phenoxy) is 1. The van der Waals surface area contributed by atoms with Crippen LogP contribution in [0.2, 0.25) is 0 Å². The second-order valence-electron chi connectivity index (χ2n) is 2.55. The van der Waals surface area contributed by atoms with Crippen LogP contribution in [0.3, 0.4) is 0 Å². The average molecular weight is 219 g/mol. The highest BCUT2D eigenvalue weighted by Crippen LogP contribution is 2.28. The molecule has 0 aromatic carbocycles. The van der Waals surface area contributed by atoms with Gasteiger partial charge in [-0.25, -0.2) is 0 Å². The lowest BCUT2D eigenvalue weighted by atomic mass is 10.00. The second kappa shape index (κ2) is 3.30. The quantitative estimate of drug-likeness (QED) is 0.686. The Morgan fingerprint density at radius 1 is 1.64 bits per heavy atom. The molecule has 0 fully saturated rings. The topological polar surface area (TPSA) is 29.5 Å². The van der Waals surface area contributed by atoms with Gasteiger partial charge in [0.1, 0.15) is 5.76 Å². The fraction of sp³-hybridized carbons (Fsp3) is 0.500. The lowest BCUT2D eigenvalue weighted by Crippen LogP contribution is -2.16. The molecule has 0 saturated heterocycles. The third-order valence-electron chi connectivity index (χ3n) is 1.81. The van der Waals surface area contributed by atoms with Gasteiger partial charge in [-0.15, -0.1) is 0 Å². The lowest BCUT2D eigenvalue weighted by Gasteiger charge is -2.20. The van der Waals surface area contributed by atoms with Crippen LogP contribution in [0.1, 0.15) is 6.92 Å². The molecule has 2 unspecified atom stereocenters. The molecule has 3 heteroatoms. The van der Waals surface area contributed by atoms with Crippen LogP contribution < -0.4 is 0 Å². The van der Waals surface area contributed by atoms with Crippen LogP contribution in [0, 0.1) is 5.92 Å². The van der Waals surface area contributed by atoms with Gasteiger partial charge < -0.3 is 9.84 Å². The summed E-state index contributed by atoms with van der Waals surface area (Å²) in [4.78, 5) is 0.210. The summed E-state index contributed by atoms with van der Waals surface area (Å²) in [5.41, 5.74) is 0. The molecular formula is C8H11BrO2. The number of halogens is 1. The Morgan fingerprint density at radius 2 is 2.27 bits per heavy atom. The predicted molar refractivity (Wildman–Crippen MR) is 47.7 cm³/mol. The van der Waals surface area contributed by atoms with Crippen molar-refractivity contribution in [3.05, 3.63) is 23.7 Å². The molecule has 1 aliphatic rings. The van der Waals surface area contributed by atoms with Crippen molar-refractivity contribution in [2.24, 2.45) is 5.92 Å². The van der Waals surface area contributed by atoms with Crippen molar-refractivity contribution in [2.45, 2.75) is 11.8 Å². The van der Waals surface area contributed by atoms with Crippen LogP contribution in [0.25, 0.3) is 0 Å². The lowest BCUT2D eigenvalue weighted by molar-refractivity contribution is 0.242. The van der Waals surface area contributed by atoms with Crippen molar-refractivity contribution in [3.63, 3.8) is 0 Å². The average Bonchev–Trinajstić information content (AvgIpc) is 2.01. The number of hydrogen-bond donors (Lipinski definition) is 1. The molecule has 0 amide bonds. The SMILES string of the molecule is COC1=C(O)C(C)C(Br)C=C1. The van der Waals surface area contributed by atoms with Crippen molar-refractivity contribution in [3.8, 4) is 0 Å². The highest BCUT2D eigenvalue weighted by molar-refractivity contribution is 9.09. The van der Waals surface area contributed by atoms with E-state index >= 15 is 0 Å². The fourth-order valence-electron chi connectivity index (χ4n) is 0.979. The molecular weight excluding hydrogens is 208 g/mol. The minimum Gasteiger partial charge on any atom is -0.508 e. The molecule has 0 aliphatic heterocycles. The van der Waals surface area contributed by atoms with E-state index in [-0.39, 0.29) is 10.7 Å². The summed E-state index contributed by atoms with van der Waals surface area (Å²) < 4.78 is 4.94. The Kier molecular flexibility index (Phi) is 2.60. The zero-order valence-corrected chi connectivity index (χ0v) is 8.13. The van der Waals surface area contributed by atoms with Crippen LogP contribution in [-0.4, -0.2) is 17.0 Å². The highest BCUT2D eigenvalue weighted by Gasteiger charge is 2.22. The molecule has 0 saturated carbocycles. The summed E-state index contributed by atoms with van der Waals surface area (Å²) in [7, 11) is 1.55. The fourth-order valence-corrected chi connectivity index (χ4v) is 1.38. The Morgan fingerprint density at radius 3 is 2.82 bits per heavy atom. The molecule has 11 heavy (non-hydrogen) atoms. The van der Waals surface area contributed by atoms with Crippen molar-refractivity contribution in [1.29, 1.82) is 0 Å². The summed E-state index contributed by atoms with van der Waals surface area (Å²) in [5, 5.41) is 9.48. The number of hydrogen-bond acceptors (Lipinski definition) is 2. The Balaban J connectivity index is 2.87. The normalized spacial score (nSPS) is 30.8. The maximum absolute atomic E-state index is 9.48. The van der Waals surface area contributed by atoms with Crippen molar-refractivity contribution >= 4 is 15.9 Å². The Labute approximate surface area is 74.7 Å². The molecule has 2 nitrogen and oxygen atoms in total. The molecule has 0 aromatic heterocycles. The van der Waals surface area contributed by atoms with Gasteiger partial charge in [-0.2, -0.15) is 0 Å². The van der Waals surface area contributed by atoms with Crippen molar-refractivity contribution in [2.75, 3.05) is 7.11 Å². The molecule has 62 valence electrons. The smallest absolute Gasteiger partial charge is 0.156 e. The van der Waals surface area contributed by atoms with E-state index in [4.69, 9.17) is 4.74 Å². The third kappa shape index (κ3) is 1.59. The molecule has 0 aromatic rings. The van der Waals surface area contributed by atoms with E-state index in [1.54, 1.807) is 13.2 Å². The minimum atomic E-state index is 0.0925. The highest BCUT2D eigenvalue weighted by atomic mass is 79.9. The monoisotopic (exact) mass is 218 g/mol. The summed E-state index contributed by atoms with van der Waals surface area (Å²) in [6.45, 7) is 1.94. The van der Waals surface area contributed by atoms with Gasteiger partial charge >= 0.3 is 0 Å². The molecule has 1 rings (SSSR count). The maximum Gasteiger partial charge on any atom is 0.156 e. The van der Waals surface area contributed by atoms with Crippen molar-refractivity contribution in [1.82, 2.24) is 0 Å². The molecule has 0 radical (unpaired) electrons. The number of alkyl halides is 1. The van der Waals surface area contributed by atoms with Gasteiger partial charge in [0, 0.05) is 10.7 Å². The first-order valence-corrected chi connectivity index (χ1v) is 4.37. The molecule has 1 aliphatic carbocycles. The van der Waals surface area contributed by atoms with E-state index in [0.717, 1.165) is 0 Å². The van der Waals surface area contributed by atoms with E-state index in [0.29, 0.717) is 11.5 Å². The van der Waals surface area contributed by atoms with E-state index in [1.165, 1.54) is 0 Å². The van der Waals surface area contributed by atoms with Crippen LogP contribution in [0.5, 0.6) is 0 Å². The molecule has 2 atom stereocenters. The van der Waals surface area contributed by atoms with Crippen LogP contribution in [0.4, 0.5) is 0 Å². The number of rotatable bonds is 1.